The molecule has 3 heterocycles. The van der Waals surface area contributed by atoms with E-state index in [1.807, 2.05) is 72.8 Å². The van der Waals surface area contributed by atoms with Crippen molar-refractivity contribution in [2.24, 2.45) is 0 Å². The van der Waals surface area contributed by atoms with Crippen molar-refractivity contribution in [2.75, 3.05) is 0 Å². The Kier molecular flexibility index (Phi) is 11.1. The molecular formula is C67H43N5O. The first-order valence-corrected chi connectivity index (χ1v) is 24.4. The molecule has 0 amide bonds. The van der Waals surface area contributed by atoms with Gasteiger partial charge in [-0.1, -0.05) is 218 Å². The number of nitrogens with zero attached hydrogens (tertiary/aromatic N) is 5. The Morgan fingerprint density at radius 2 is 0.616 bits per heavy atom. The molecule has 0 fully saturated rings. The first kappa shape index (κ1) is 43.1. The lowest BCUT2D eigenvalue weighted by atomic mass is 9.95. The van der Waals surface area contributed by atoms with Crippen molar-refractivity contribution in [1.82, 2.24) is 24.9 Å². The molecular weight excluding hydrogens is 891 g/mol. The molecule has 0 N–H and O–H groups in total. The monoisotopic (exact) mass is 933 g/mol. The molecule has 0 saturated carbocycles. The van der Waals surface area contributed by atoms with Crippen LogP contribution >= 0.6 is 0 Å². The summed E-state index contributed by atoms with van der Waals surface area (Å²) in [6.45, 7) is 0. The van der Waals surface area contributed by atoms with Gasteiger partial charge in [-0.3, -0.25) is 0 Å². The minimum Gasteiger partial charge on any atom is -0.455 e. The van der Waals surface area contributed by atoms with Crippen molar-refractivity contribution < 1.29 is 4.42 Å². The Balaban J connectivity index is 0.879. The number of para-hydroxylation sites is 2. The smallest absolute Gasteiger partial charge is 0.164 e. The molecule has 0 aliphatic carbocycles. The molecule has 13 rings (SSSR count). The average molecular weight is 934 g/mol. The van der Waals surface area contributed by atoms with Crippen LogP contribution in [0.5, 0.6) is 0 Å². The summed E-state index contributed by atoms with van der Waals surface area (Å²) in [5.41, 5.74) is 17.6. The lowest BCUT2D eigenvalue weighted by Crippen LogP contribution is -2.00. The number of furan rings is 1. The Bertz CT molecular complexity index is 4060. The van der Waals surface area contributed by atoms with Crippen LogP contribution in [0.2, 0.25) is 0 Å². The molecule has 73 heavy (non-hydrogen) atoms. The topological polar surface area (TPSA) is 77.6 Å². The highest BCUT2D eigenvalue weighted by atomic mass is 16.3. The quantitative estimate of drug-likeness (QED) is 0.136. The fraction of sp³-hybridized carbons (Fsp3) is 0. The Labute approximate surface area is 422 Å². The molecule has 342 valence electrons. The predicted octanol–water partition coefficient (Wildman–Crippen LogP) is 17.2. The van der Waals surface area contributed by atoms with E-state index in [1.54, 1.807) is 0 Å². The van der Waals surface area contributed by atoms with Gasteiger partial charge in [-0.2, -0.15) is 0 Å². The van der Waals surface area contributed by atoms with E-state index < -0.39 is 0 Å². The molecule has 0 saturated heterocycles. The summed E-state index contributed by atoms with van der Waals surface area (Å²) in [5, 5.41) is 2.22. The number of hydrogen-bond donors (Lipinski definition) is 0. The molecule has 6 nitrogen and oxygen atoms in total. The van der Waals surface area contributed by atoms with Gasteiger partial charge >= 0.3 is 0 Å². The molecule has 6 heteroatoms. The summed E-state index contributed by atoms with van der Waals surface area (Å²) in [4.78, 5) is 25.9. The number of aromatic nitrogens is 5. The maximum Gasteiger partial charge on any atom is 0.164 e. The fourth-order valence-corrected chi connectivity index (χ4v) is 9.65. The van der Waals surface area contributed by atoms with Crippen LogP contribution in [0.3, 0.4) is 0 Å². The van der Waals surface area contributed by atoms with E-state index in [1.165, 1.54) is 0 Å². The van der Waals surface area contributed by atoms with Gasteiger partial charge in [0, 0.05) is 49.7 Å². The van der Waals surface area contributed by atoms with Crippen LogP contribution in [0.4, 0.5) is 0 Å². The van der Waals surface area contributed by atoms with Crippen LogP contribution in [0, 0.1) is 0 Å². The predicted molar refractivity (Wildman–Crippen MR) is 297 cm³/mol. The third-order valence-electron chi connectivity index (χ3n) is 13.3. The largest absolute Gasteiger partial charge is 0.455 e. The van der Waals surface area contributed by atoms with Gasteiger partial charge in [0.15, 0.2) is 23.3 Å². The summed E-state index contributed by atoms with van der Waals surface area (Å²) < 4.78 is 6.40. The van der Waals surface area contributed by atoms with Crippen LogP contribution in [0.1, 0.15) is 0 Å². The zero-order valence-electron chi connectivity index (χ0n) is 39.5. The molecule has 3 aromatic heterocycles. The van der Waals surface area contributed by atoms with Crippen molar-refractivity contribution in [3.8, 4) is 113 Å². The summed E-state index contributed by atoms with van der Waals surface area (Å²) in [6.07, 6.45) is 0. The molecule has 13 aromatic rings. The van der Waals surface area contributed by atoms with Gasteiger partial charge in [0.05, 0.1) is 11.4 Å². The van der Waals surface area contributed by atoms with Crippen molar-refractivity contribution in [3.05, 3.63) is 261 Å². The third kappa shape index (κ3) is 8.64. The fourth-order valence-electron chi connectivity index (χ4n) is 9.65. The van der Waals surface area contributed by atoms with E-state index in [0.717, 1.165) is 111 Å². The SMILES string of the molecule is c1ccc(-c2cc(-c3ccccc3)cc(-c3nc(-c4ccccc4)nc(-c4cccc(-c5cccc(-c6cc(-c7ccc(-c8cccc9c8oc8ccccc89)cc7)nc(-c7ccccc7)n6)c5)c4)n3)c2)cc1. The lowest BCUT2D eigenvalue weighted by Gasteiger charge is -2.13. The van der Waals surface area contributed by atoms with Crippen LogP contribution in [0.25, 0.3) is 135 Å². The van der Waals surface area contributed by atoms with E-state index in [0.29, 0.717) is 23.3 Å². The van der Waals surface area contributed by atoms with E-state index in [9.17, 15) is 0 Å². The number of fused-ring (bicyclic) bond motifs is 3. The Hall–Kier alpha value is -9.91. The molecule has 0 bridgehead atoms. The van der Waals surface area contributed by atoms with Gasteiger partial charge in [-0.15, -0.1) is 0 Å². The highest BCUT2D eigenvalue weighted by Gasteiger charge is 2.18. The van der Waals surface area contributed by atoms with Gasteiger partial charge < -0.3 is 4.42 Å². The van der Waals surface area contributed by atoms with Gasteiger partial charge in [-0.25, -0.2) is 24.9 Å². The molecule has 0 aliphatic rings. The molecule has 0 atom stereocenters. The van der Waals surface area contributed by atoms with E-state index in [2.05, 4.69) is 188 Å². The first-order valence-electron chi connectivity index (χ1n) is 24.4. The van der Waals surface area contributed by atoms with E-state index in [-0.39, 0.29) is 0 Å². The van der Waals surface area contributed by atoms with Crippen molar-refractivity contribution in [1.29, 1.82) is 0 Å². The second-order valence-electron chi connectivity index (χ2n) is 18.1. The van der Waals surface area contributed by atoms with Gasteiger partial charge in [0.25, 0.3) is 0 Å². The van der Waals surface area contributed by atoms with Crippen molar-refractivity contribution in [3.63, 3.8) is 0 Å². The summed E-state index contributed by atoms with van der Waals surface area (Å²) in [6, 6.07) is 90.0. The zero-order chi connectivity index (χ0) is 48.5. The Morgan fingerprint density at radius 1 is 0.219 bits per heavy atom. The van der Waals surface area contributed by atoms with Crippen LogP contribution < -0.4 is 0 Å². The second kappa shape index (κ2) is 18.8. The van der Waals surface area contributed by atoms with E-state index in [4.69, 9.17) is 29.3 Å². The summed E-state index contributed by atoms with van der Waals surface area (Å²) in [7, 11) is 0. The molecule has 0 radical (unpaired) electrons. The number of rotatable bonds is 10. The third-order valence-corrected chi connectivity index (χ3v) is 13.3. The average Bonchev–Trinajstić information content (AvgIpc) is 3.87. The molecule has 10 aromatic carbocycles. The second-order valence-corrected chi connectivity index (χ2v) is 18.1. The zero-order valence-corrected chi connectivity index (χ0v) is 39.5. The van der Waals surface area contributed by atoms with Gasteiger partial charge in [0.2, 0.25) is 0 Å². The minimum absolute atomic E-state index is 0.585. The van der Waals surface area contributed by atoms with Crippen LogP contribution in [-0.2, 0) is 0 Å². The van der Waals surface area contributed by atoms with Crippen molar-refractivity contribution in [2.45, 2.75) is 0 Å². The highest BCUT2D eigenvalue weighted by molar-refractivity contribution is 6.09. The highest BCUT2D eigenvalue weighted by Crippen LogP contribution is 2.38. The van der Waals surface area contributed by atoms with Crippen LogP contribution in [-0.4, -0.2) is 24.9 Å². The first-order chi connectivity index (χ1) is 36.1. The number of benzene rings is 10. The molecule has 0 aliphatic heterocycles. The lowest BCUT2D eigenvalue weighted by molar-refractivity contribution is 0.670. The summed E-state index contributed by atoms with van der Waals surface area (Å²) >= 11 is 0. The molecule has 0 unspecified atom stereocenters. The Morgan fingerprint density at radius 3 is 1.23 bits per heavy atom. The maximum atomic E-state index is 6.40. The summed E-state index contributed by atoms with van der Waals surface area (Å²) in [5.74, 6) is 2.44. The number of hydrogen-bond acceptors (Lipinski definition) is 6. The van der Waals surface area contributed by atoms with Gasteiger partial charge in [-0.05, 0) is 81.4 Å². The van der Waals surface area contributed by atoms with Gasteiger partial charge in [0.1, 0.15) is 11.2 Å². The standard InChI is InChI=1S/C67H43N5O/c1-5-18-44(19-6-1)54-40-55(45-20-7-2-8-21-45)42-56(41-54)67-71-65(49-24-11-4-12-25-49)70-66(72-67)53-29-16-27-51(39-53)50-26-15-28-52(38-50)61-43-60(68-64(69-61)48-22-9-3-10-23-48)47-36-34-46(35-37-47)57-31-17-32-59-58-30-13-14-33-62(58)73-63(57)59/h1-43H. The van der Waals surface area contributed by atoms with E-state index >= 15 is 0 Å². The molecule has 0 spiro atoms. The van der Waals surface area contributed by atoms with Crippen molar-refractivity contribution >= 4 is 21.9 Å². The van der Waals surface area contributed by atoms with Crippen LogP contribution in [0.15, 0.2) is 265 Å². The minimum atomic E-state index is 0.585. The maximum absolute atomic E-state index is 6.40. The normalized spacial score (nSPS) is 11.3.